The molecule has 2 heterocycles. The molecule has 1 aliphatic heterocycles. The first-order chi connectivity index (χ1) is 8.33. The summed E-state index contributed by atoms with van der Waals surface area (Å²) in [5, 5.41) is 0. The minimum Gasteiger partial charge on any atom is -0.468 e. The Morgan fingerprint density at radius 3 is 2.88 bits per heavy atom. The number of ether oxygens (including phenoxy) is 1. The zero-order valence-electron chi connectivity index (χ0n) is 10.5. The normalized spacial score (nSPS) is 18.7. The van der Waals surface area contributed by atoms with Gasteiger partial charge in [0.2, 0.25) is 0 Å². The fraction of sp³-hybridized carbons (Fsp3) is 0.692. The molecule has 17 heavy (non-hydrogen) atoms. The van der Waals surface area contributed by atoms with Crippen LogP contribution in [0.5, 0.6) is 0 Å². The van der Waals surface area contributed by atoms with Crippen LogP contribution in [0.3, 0.4) is 0 Å². The number of rotatable bonds is 5. The third-order valence-electron chi connectivity index (χ3n) is 3.35. The highest BCUT2D eigenvalue weighted by Gasteiger charge is 2.20. The molecule has 1 saturated heterocycles. The lowest BCUT2D eigenvalue weighted by molar-refractivity contribution is 0.0124. The largest absolute Gasteiger partial charge is 0.468 e. The van der Waals surface area contributed by atoms with E-state index in [1.165, 1.54) is 5.56 Å². The molecule has 0 unspecified atom stereocenters. The number of furan rings is 1. The maximum absolute atomic E-state index is 5.65. The molecule has 2 N–H and O–H groups in total. The minimum atomic E-state index is 0.453. The van der Waals surface area contributed by atoms with Gasteiger partial charge in [0.05, 0.1) is 18.9 Å². The molecular weight excluding hydrogens is 216 g/mol. The van der Waals surface area contributed by atoms with Gasteiger partial charge in [0, 0.05) is 31.8 Å². The summed E-state index contributed by atoms with van der Waals surface area (Å²) in [7, 11) is 0. The number of hydrogen-bond donors (Lipinski definition) is 1. The molecule has 0 aromatic carbocycles. The van der Waals surface area contributed by atoms with Crippen molar-refractivity contribution in [3.63, 3.8) is 0 Å². The predicted molar refractivity (Wildman–Crippen MR) is 66.5 cm³/mol. The number of nitrogens with two attached hydrogens (primary N) is 1. The van der Waals surface area contributed by atoms with Crippen LogP contribution in [-0.2, 0) is 17.8 Å². The van der Waals surface area contributed by atoms with Crippen molar-refractivity contribution >= 4 is 0 Å². The molecule has 1 aliphatic rings. The van der Waals surface area contributed by atoms with Gasteiger partial charge in [-0.25, -0.2) is 0 Å². The Bertz CT molecular complexity index is 330. The van der Waals surface area contributed by atoms with Crippen molar-refractivity contribution in [2.45, 2.75) is 39.0 Å². The molecule has 0 radical (unpaired) electrons. The Kier molecular flexibility index (Phi) is 4.59. The van der Waals surface area contributed by atoms with E-state index in [2.05, 4.69) is 11.8 Å². The molecule has 0 saturated carbocycles. The number of nitrogens with zero attached hydrogens (tertiary/aromatic N) is 1. The van der Waals surface area contributed by atoms with Crippen molar-refractivity contribution < 1.29 is 9.15 Å². The zero-order chi connectivity index (χ0) is 12.1. The van der Waals surface area contributed by atoms with Crippen molar-refractivity contribution in [1.82, 2.24) is 4.90 Å². The van der Waals surface area contributed by atoms with Crippen LogP contribution in [0.15, 0.2) is 16.7 Å². The quantitative estimate of drug-likeness (QED) is 0.849. The van der Waals surface area contributed by atoms with Gasteiger partial charge >= 0.3 is 0 Å². The van der Waals surface area contributed by atoms with Crippen LogP contribution in [0, 0.1) is 0 Å². The zero-order valence-corrected chi connectivity index (χ0v) is 10.5. The van der Waals surface area contributed by atoms with E-state index in [-0.39, 0.29) is 0 Å². The van der Waals surface area contributed by atoms with E-state index in [1.54, 1.807) is 6.26 Å². The fourth-order valence-corrected chi connectivity index (χ4v) is 2.40. The van der Waals surface area contributed by atoms with Gasteiger partial charge < -0.3 is 14.9 Å². The fourth-order valence-electron chi connectivity index (χ4n) is 2.40. The van der Waals surface area contributed by atoms with Gasteiger partial charge in [-0.15, -0.1) is 0 Å². The molecule has 0 atom stereocenters. The Hall–Kier alpha value is -0.840. The summed E-state index contributed by atoms with van der Waals surface area (Å²) in [5.74, 6) is 0.914. The maximum atomic E-state index is 5.65. The van der Waals surface area contributed by atoms with E-state index < -0.39 is 0 Å². The summed E-state index contributed by atoms with van der Waals surface area (Å²) in [5.41, 5.74) is 6.85. The molecule has 2 rings (SSSR count). The third kappa shape index (κ3) is 3.31. The van der Waals surface area contributed by atoms with Crippen LogP contribution in [0.25, 0.3) is 0 Å². The van der Waals surface area contributed by atoms with Crippen LogP contribution >= 0.6 is 0 Å². The van der Waals surface area contributed by atoms with Gasteiger partial charge in [-0.05, 0) is 25.8 Å². The van der Waals surface area contributed by atoms with Crippen LogP contribution in [0.4, 0.5) is 0 Å². The molecule has 4 nitrogen and oxygen atoms in total. The molecule has 0 amide bonds. The van der Waals surface area contributed by atoms with Gasteiger partial charge in [-0.1, -0.05) is 0 Å². The molecule has 1 aromatic rings. The average Bonchev–Trinajstić information content (AvgIpc) is 2.79. The lowest BCUT2D eigenvalue weighted by Gasteiger charge is -2.31. The predicted octanol–water partition coefficient (Wildman–Crippen LogP) is 1.74. The lowest BCUT2D eigenvalue weighted by atomic mass is 10.1. The number of hydrogen-bond acceptors (Lipinski definition) is 4. The first-order valence-corrected chi connectivity index (χ1v) is 6.42. The van der Waals surface area contributed by atoms with E-state index in [1.807, 2.05) is 6.07 Å². The summed E-state index contributed by atoms with van der Waals surface area (Å²) in [6.45, 7) is 6.51. The first-order valence-electron chi connectivity index (χ1n) is 6.42. The Balaban J connectivity index is 1.82. The van der Waals surface area contributed by atoms with E-state index >= 15 is 0 Å². The third-order valence-corrected chi connectivity index (χ3v) is 3.35. The van der Waals surface area contributed by atoms with Crippen molar-refractivity contribution in [1.29, 1.82) is 0 Å². The van der Waals surface area contributed by atoms with Gasteiger partial charge in [0.15, 0.2) is 0 Å². The van der Waals surface area contributed by atoms with E-state index in [0.717, 1.165) is 44.8 Å². The maximum Gasteiger partial charge on any atom is 0.121 e. The summed E-state index contributed by atoms with van der Waals surface area (Å²) in [6.07, 6.45) is 4.44. The molecule has 0 bridgehead atoms. The molecule has 96 valence electrons. The molecule has 4 heteroatoms. The standard InChI is InChI=1S/C13H22N2O2/c1-2-16-12-3-6-15(7-4-12)10-11-5-8-17-13(11)9-14/h5,8,12H,2-4,6-7,9-10,14H2,1H3. The monoisotopic (exact) mass is 238 g/mol. The molecule has 0 aliphatic carbocycles. The summed E-state index contributed by atoms with van der Waals surface area (Å²) < 4.78 is 11.0. The van der Waals surface area contributed by atoms with Gasteiger partial charge in [0.1, 0.15) is 5.76 Å². The van der Waals surface area contributed by atoms with Crippen molar-refractivity contribution in [3.05, 3.63) is 23.7 Å². The van der Waals surface area contributed by atoms with Gasteiger partial charge in [0.25, 0.3) is 0 Å². The number of piperidine rings is 1. The second kappa shape index (κ2) is 6.19. The summed E-state index contributed by atoms with van der Waals surface area (Å²) in [6, 6.07) is 2.02. The van der Waals surface area contributed by atoms with E-state index in [9.17, 15) is 0 Å². The van der Waals surface area contributed by atoms with Gasteiger partial charge in [-0.2, -0.15) is 0 Å². The molecular formula is C13H22N2O2. The Morgan fingerprint density at radius 1 is 1.47 bits per heavy atom. The highest BCUT2D eigenvalue weighted by atomic mass is 16.5. The van der Waals surface area contributed by atoms with Crippen molar-refractivity contribution in [2.75, 3.05) is 19.7 Å². The summed E-state index contributed by atoms with van der Waals surface area (Å²) in [4.78, 5) is 2.44. The Labute approximate surface area is 103 Å². The topological polar surface area (TPSA) is 51.6 Å². The molecule has 0 spiro atoms. The summed E-state index contributed by atoms with van der Waals surface area (Å²) >= 11 is 0. The second-order valence-corrected chi connectivity index (χ2v) is 4.50. The smallest absolute Gasteiger partial charge is 0.121 e. The van der Waals surface area contributed by atoms with Crippen LogP contribution in [0.1, 0.15) is 31.1 Å². The van der Waals surface area contributed by atoms with Crippen LogP contribution in [-0.4, -0.2) is 30.7 Å². The first kappa shape index (κ1) is 12.6. The highest BCUT2D eigenvalue weighted by Crippen LogP contribution is 2.18. The lowest BCUT2D eigenvalue weighted by Crippen LogP contribution is -2.36. The van der Waals surface area contributed by atoms with E-state index in [0.29, 0.717) is 12.6 Å². The van der Waals surface area contributed by atoms with E-state index in [4.69, 9.17) is 14.9 Å². The number of likely N-dealkylation sites (tertiary alicyclic amines) is 1. The average molecular weight is 238 g/mol. The van der Waals surface area contributed by atoms with Crippen molar-refractivity contribution in [2.24, 2.45) is 5.73 Å². The minimum absolute atomic E-state index is 0.453. The van der Waals surface area contributed by atoms with Crippen LogP contribution in [0.2, 0.25) is 0 Å². The van der Waals surface area contributed by atoms with Gasteiger partial charge in [-0.3, -0.25) is 4.90 Å². The highest BCUT2D eigenvalue weighted by molar-refractivity contribution is 5.16. The molecule has 1 fully saturated rings. The Morgan fingerprint density at radius 2 is 2.24 bits per heavy atom. The molecule has 1 aromatic heterocycles. The SMILES string of the molecule is CCOC1CCN(Cc2ccoc2CN)CC1. The second-order valence-electron chi connectivity index (χ2n) is 4.50. The van der Waals surface area contributed by atoms with Crippen molar-refractivity contribution in [3.8, 4) is 0 Å². The van der Waals surface area contributed by atoms with Crippen LogP contribution < -0.4 is 5.73 Å².